The Hall–Kier alpha value is -4.07. The van der Waals surface area contributed by atoms with E-state index in [9.17, 15) is 4.39 Å². The fourth-order valence-corrected chi connectivity index (χ4v) is 3.69. The number of rotatable bonds is 8. The molecule has 1 aromatic carbocycles. The summed E-state index contributed by atoms with van der Waals surface area (Å²) >= 11 is 0. The first-order valence-corrected chi connectivity index (χ1v) is 10.6. The van der Waals surface area contributed by atoms with Crippen LogP contribution >= 0.6 is 0 Å². The van der Waals surface area contributed by atoms with Crippen LogP contribution in [-0.2, 0) is 13.0 Å². The molecular formula is C26H24F2N4O2. The van der Waals surface area contributed by atoms with E-state index in [-0.39, 0.29) is 17.9 Å². The number of pyridine rings is 3. The molecular weight excluding hydrogens is 438 g/mol. The highest BCUT2D eigenvalue weighted by Crippen LogP contribution is 2.29. The van der Waals surface area contributed by atoms with Gasteiger partial charge in [0.1, 0.15) is 23.0 Å². The SMILES string of the molecule is COc1ccc(CNc2nccc(Cc3cncc(-c4ncccc4F)c3C)c2F)c(OC)c1. The van der Waals surface area contributed by atoms with Gasteiger partial charge in [-0.05, 0) is 53.9 Å². The van der Waals surface area contributed by atoms with E-state index in [0.717, 1.165) is 16.7 Å². The Labute approximate surface area is 196 Å². The van der Waals surface area contributed by atoms with Crippen molar-refractivity contribution in [1.82, 2.24) is 15.0 Å². The molecule has 0 saturated carbocycles. The summed E-state index contributed by atoms with van der Waals surface area (Å²) in [5.41, 5.74) is 3.65. The summed E-state index contributed by atoms with van der Waals surface area (Å²) in [7, 11) is 3.15. The number of anilines is 1. The van der Waals surface area contributed by atoms with E-state index < -0.39 is 11.6 Å². The quantitative estimate of drug-likeness (QED) is 0.381. The molecule has 4 aromatic rings. The summed E-state index contributed by atoms with van der Waals surface area (Å²) in [6, 6.07) is 9.95. The number of aromatic nitrogens is 3. The minimum absolute atomic E-state index is 0.132. The molecule has 0 aliphatic heterocycles. The van der Waals surface area contributed by atoms with Crippen molar-refractivity contribution in [2.45, 2.75) is 19.9 Å². The van der Waals surface area contributed by atoms with Crippen molar-refractivity contribution in [3.8, 4) is 22.8 Å². The molecule has 0 aliphatic carbocycles. The molecule has 8 heteroatoms. The van der Waals surface area contributed by atoms with Crippen molar-refractivity contribution in [3.63, 3.8) is 0 Å². The largest absolute Gasteiger partial charge is 0.497 e. The number of benzene rings is 1. The molecule has 4 rings (SSSR count). The maximum Gasteiger partial charge on any atom is 0.168 e. The number of nitrogens with zero attached hydrogens (tertiary/aromatic N) is 3. The van der Waals surface area contributed by atoms with Crippen LogP contribution in [0.15, 0.2) is 61.2 Å². The van der Waals surface area contributed by atoms with Crippen LogP contribution in [0.4, 0.5) is 14.6 Å². The zero-order valence-corrected chi connectivity index (χ0v) is 19.1. The highest BCUT2D eigenvalue weighted by Gasteiger charge is 2.16. The van der Waals surface area contributed by atoms with Crippen LogP contribution in [0.2, 0.25) is 0 Å². The highest BCUT2D eigenvalue weighted by molar-refractivity contribution is 5.64. The number of hydrogen-bond donors (Lipinski definition) is 1. The third-order valence-electron chi connectivity index (χ3n) is 5.62. The second kappa shape index (κ2) is 10.2. The lowest BCUT2D eigenvalue weighted by molar-refractivity contribution is 0.391. The average molecular weight is 463 g/mol. The molecule has 0 radical (unpaired) electrons. The molecule has 0 saturated heterocycles. The number of methoxy groups -OCH3 is 2. The van der Waals surface area contributed by atoms with Crippen molar-refractivity contribution >= 4 is 5.82 Å². The van der Waals surface area contributed by atoms with Crippen LogP contribution in [0.1, 0.15) is 22.3 Å². The molecule has 6 nitrogen and oxygen atoms in total. The second-order valence-corrected chi connectivity index (χ2v) is 7.65. The zero-order valence-electron chi connectivity index (χ0n) is 19.1. The van der Waals surface area contributed by atoms with E-state index in [1.54, 1.807) is 44.9 Å². The number of nitrogens with one attached hydrogen (secondary N) is 1. The topological polar surface area (TPSA) is 69.2 Å². The molecule has 0 spiro atoms. The Morgan fingerprint density at radius 1 is 0.912 bits per heavy atom. The first-order valence-electron chi connectivity index (χ1n) is 10.6. The first-order chi connectivity index (χ1) is 16.5. The smallest absolute Gasteiger partial charge is 0.168 e. The van der Waals surface area contributed by atoms with Crippen molar-refractivity contribution in [3.05, 3.63) is 95.1 Å². The molecule has 3 heterocycles. The van der Waals surface area contributed by atoms with Gasteiger partial charge in [-0.15, -0.1) is 0 Å². The molecule has 3 aromatic heterocycles. The lowest BCUT2D eigenvalue weighted by Crippen LogP contribution is -2.07. The van der Waals surface area contributed by atoms with Gasteiger partial charge < -0.3 is 14.8 Å². The van der Waals surface area contributed by atoms with Gasteiger partial charge in [-0.25, -0.2) is 13.8 Å². The molecule has 1 N–H and O–H groups in total. The van der Waals surface area contributed by atoms with Crippen molar-refractivity contribution in [2.24, 2.45) is 0 Å². The Bertz CT molecular complexity index is 1310. The van der Waals surface area contributed by atoms with Gasteiger partial charge in [0.05, 0.1) is 14.2 Å². The van der Waals surface area contributed by atoms with Gasteiger partial charge in [0.2, 0.25) is 0 Å². The van der Waals surface area contributed by atoms with Crippen LogP contribution in [-0.4, -0.2) is 29.2 Å². The summed E-state index contributed by atoms with van der Waals surface area (Å²) in [4.78, 5) is 12.5. The summed E-state index contributed by atoms with van der Waals surface area (Å²) in [5.74, 6) is 0.546. The van der Waals surface area contributed by atoms with Crippen molar-refractivity contribution in [1.29, 1.82) is 0 Å². The van der Waals surface area contributed by atoms with Gasteiger partial charge in [0, 0.05) is 54.9 Å². The molecule has 174 valence electrons. The first kappa shape index (κ1) is 23.1. The maximum atomic E-state index is 15.3. The minimum atomic E-state index is -0.455. The number of hydrogen-bond acceptors (Lipinski definition) is 6. The fraction of sp³-hybridized carbons (Fsp3) is 0.192. The zero-order chi connectivity index (χ0) is 24.1. The Morgan fingerprint density at radius 3 is 2.53 bits per heavy atom. The predicted octanol–water partition coefficient (Wildman–Crippen LogP) is 5.35. The van der Waals surface area contributed by atoms with Gasteiger partial charge in [-0.3, -0.25) is 9.97 Å². The van der Waals surface area contributed by atoms with Crippen LogP contribution in [0.25, 0.3) is 11.3 Å². The van der Waals surface area contributed by atoms with E-state index in [4.69, 9.17) is 9.47 Å². The van der Waals surface area contributed by atoms with Gasteiger partial charge >= 0.3 is 0 Å². The van der Waals surface area contributed by atoms with Crippen molar-refractivity contribution < 1.29 is 18.3 Å². The summed E-state index contributed by atoms with van der Waals surface area (Å²) < 4.78 is 40.2. The van der Waals surface area contributed by atoms with E-state index in [1.165, 1.54) is 18.3 Å². The maximum absolute atomic E-state index is 15.3. The Kier molecular flexibility index (Phi) is 6.96. The Morgan fingerprint density at radius 2 is 1.76 bits per heavy atom. The summed E-state index contributed by atoms with van der Waals surface area (Å²) in [6.07, 6.45) is 6.59. The standard InChI is InChI=1S/C26H24F2N4O2/c1-16-19(13-29-15-21(16)25-22(27)5-4-9-30-25)11-17-8-10-31-26(24(17)28)32-14-18-6-7-20(33-2)12-23(18)34-3/h4-10,12-13,15H,11,14H2,1-3H3,(H,31,32). The lowest BCUT2D eigenvalue weighted by atomic mass is 9.98. The molecule has 0 fully saturated rings. The van der Waals surface area contributed by atoms with Gasteiger partial charge in [-0.2, -0.15) is 0 Å². The molecule has 0 bridgehead atoms. The van der Waals surface area contributed by atoms with Gasteiger partial charge in [0.15, 0.2) is 11.6 Å². The molecule has 0 atom stereocenters. The van der Waals surface area contributed by atoms with Gasteiger partial charge in [-0.1, -0.05) is 0 Å². The molecule has 34 heavy (non-hydrogen) atoms. The van der Waals surface area contributed by atoms with Gasteiger partial charge in [0.25, 0.3) is 0 Å². The normalized spacial score (nSPS) is 10.7. The third kappa shape index (κ3) is 4.80. The number of ether oxygens (including phenoxy) is 2. The van der Waals surface area contributed by atoms with Crippen molar-refractivity contribution in [2.75, 3.05) is 19.5 Å². The minimum Gasteiger partial charge on any atom is -0.497 e. The van der Waals surface area contributed by atoms with E-state index in [1.807, 2.05) is 19.1 Å². The third-order valence-corrected chi connectivity index (χ3v) is 5.62. The molecule has 0 amide bonds. The molecule has 0 aliphatic rings. The highest BCUT2D eigenvalue weighted by atomic mass is 19.1. The van der Waals surface area contributed by atoms with Crippen LogP contribution < -0.4 is 14.8 Å². The van der Waals surface area contributed by atoms with Crippen LogP contribution in [0.3, 0.4) is 0 Å². The monoisotopic (exact) mass is 462 g/mol. The summed E-state index contributed by atoms with van der Waals surface area (Å²) in [6.45, 7) is 2.17. The number of halogens is 2. The second-order valence-electron chi connectivity index (χ2n) is 7.65. The van der Waals surface area contributed by atoms with E-state index in [2.05, 4.69) is 20.3 Å². The predicted molar refractivity (Wildman–Crippen MR) is 126 cm³/mol. The average Bonchev–Trinajstić information content (AvgIpc) is 2.86. The van der Waals surface area contributed by atoms with Crippen LogP contribution in [0, 0.1) is 18.6 Å². The van der Waals surface area contributed by atoms with E-state index in [0.29, 0.717) is 29.2 Å². The van der Waals surface area contributed by atoms with Crippen LogP contribution in [0.5, 0.6) is 11.5 Å². The van der Waals surface area contributed by atoms with E-state index >= 15 is 4.39 Å². The molecule has 0 unspecified atom stereocenters. The lowest BCUT2D eigenvalue weighted by Gasteiger charge is -2.14. The summed E-state index contributed by atoms with van der Waals surface area (Å²) in [5, 5.41) is 3.04. The Balaban J connectivity index is 1.57. The fourth-order valence-electron chi connectivity index (χ4n) is 3.69.